The summed E-state index contributed by atoms with van der Waals surface area (Å²) in [4.78, 5) is 9.29. The van der Waals surface area contributed by atoms with Gasteiger partial charge in [-0.3, -0.25) is 4.98 Å². The molecule has 0 bridgehead atoms. The average molecular weight is 830 g/mol. The van der Waals surface area contributed by atoms with Crippen LogP contribution in [0.4, 0.5) is 0 Å². The predicted molar refractivity (Wildman–Crippen MR) is 208 cm³/mol. The molecule has 253 valence electrons. The van der Waals surface area contributed by atoms with E-state index in [2.05, 4.69) is 187 Å². The molecule has 0 N–H and O–H groups in total. The quantitative estimate of drug-likeness (QED) is 0.128. The van der Waals surface area contributed by atoms with Crippen molar-refractivity contribution in [2.45, 2.75) is 71.6 Å². The molecule has 0 fully saturated rings. The number of pyridine rings is 2. The van der Waals surface area contributed by atoms with Crippen LogP contribution in [0.25, 0.3) is 55.2 Å². The van der Waals surface area contributed by atoms with Crippen molar-refractivity contribution in [3.05, 3.63) is 156 Å². The van der Waals surface area contributed by atoms with Crippen LogP contribution in [-0.2, 0) is 36.4 Å². The average Bonchev–Trinajstić information content (AvgIpc) is 3.33. The number of hydrogen-bond acceptors (Lipinski definition) is 2. The fourth-order valence-corrected chi connectivity index (χ4v) is 7.03. The smallest absolute Gasteiger partial charge is 0.0705 e. The molecular formula is C47H45IrN2-. The van der Waals surface area contributed by atoms with E-state index in [0.29, 0.717) is 0 Å². The van der Waals surface area contributed by atoms with Crippen molar-refractivity contribution in [1.29, 1.82) is 0 Å². The Labute approximate surface area is 311 Å². The minimum atomic E-state index is 0. The van der Waals surface area contributed by atoms with Crippen LogP contribution < -0.4 is 0 Å². The second-order valence-electron chi connectivity index (χ2n) is 15.9. The molecule has 1 aliphatic rings. The van der Waals surface area contributed by atoms with Gasteiger partial charge in [0.1, 0.15) is 0 Å². The van der Waals surface area contributed by atoms with E-state index in [4.69, 9.17) is 0 Å². The van der Waals surface area contributed by atoms with Crippen molar-refractivity contribution in [2.24, 2.45) is 0 Å². The van der Waals surface area contributed by atoms with Gasteiger partial charge in [-0.05, 0) is 73.5 Å². The predicted octanol–water partition coefficient (Wildman–Crippen LogP) is 12.5. The van der Waals surface area contributed by atoms with Gasteiger partial charge in [0, 0.05) is 43.5 Å². The van der Waals surface area contributed by atoms with E-state index >= 15 is 0 Å². The topological polar surface area (TPSA) is 25.8 Å². The van der Waals surface area contributed by atoms with Gasteiger partial charge < -0.3 is 4.98 Å². The molecule has 0 unspecified atom stereocenters. The Balaban J connectivity index is 0.000000170. The molecule has 5 aromatic carbocycles. The summed E-state index contributed by atoms with van der Waals surface area (Å²) >= 11 is 0. The zero-order valence-corrected chi connectivity index (χ0v) is 32.7. The third-order valence-corrected chi connectivity index (χ3v) is 10.1. The SMILES string of the molecule is CC(C)(C)c1ccc(-c2[c-]cc3c(ccc4ccccc43)c2)nc1.CC(C)(C)c1ccnc(-c2ccc3c(c2)-c2ccccc2C3(C)C)c1.[Ir]. The van der Waals surface area contributed by atoms with Gasteiger partial charge in [0.25, 0.3) is 0 Å². The monoisotopic (exact) mass is 830 g/mol. The summed E-state index contributed by atoms with van der Waals surface area (Å²) in [7, 11) is 0. The van der Waals surface area contributed by atoms with E-state index in [-0.39, 0.29) is 36.4 Å². The Kier molecular flexibility index (Phi) is 9.46. The Morgan fingerprint density at radius 3 is 2.00 bits per heavy atom. The first kappa shape index (κ1) is 35.4. The summed E-state index contributed by atoms with van der Waals surface area (Å²) < 4.78 is 0. The van der Waals surface area contributed by atoms with Gasteiger partial charge in [0.2, 0.25) is 0 Å². The molecule has 1 aliphatic carbocycles. The molecule has 2 aromatic heterocycles. The zero-order valence-electron chi connectivity index (χ0n) is 30.4. The van der Waals surface area contributed by atoms with Gasteiger partial charge in [0.05, 0.1) is 5.69 Å². The molecule has 50 heavy (non-hydrogen) atoms. The maximum absolute atomic E-state index is 4.65. The molecule has 0 amide bonds. The van der Waals surface area contributed by atoms with Crippen LogP contribution in [0.15, 0.2) is 128 Å². The third-order valence-electron chi connectivity index (χ3n) is 10.1. The first-order valence-electron chi connectivity index (χ1n) is 17.3. The molecule has 2 heterocycles. The van der Waals surface area contributed by atoms with Gasteiger partial charge in [0.15, 0.2) is 0 Å². The molecule has 2 nitrogen and oxygen atoms in total. The molecule has 0 saturated heterocycles. The van der Waals surface area contributed by atoms with Crippen LogP contribution >= 0.6 is 0 Å². The third kappa shape index (κ3) is 6.70. The molecule has 7 aromatic rings. The largest absolute Gasteiger partial charge is 0.304 e. The van der Waals surface area contributed by atoms with Crippen LogP contribution in [0.1, 0.15) is 77.6 Å². The van der Waals surface area contributed by atoms with Crippen LogP contribution in [-0.4, -0.2) is 9.97 Å². The minimum absolute atomic E-state index is 0. The Bertz CT molecular complexity index is 2320. The Hall–Kier alpha value is -4.43. The molecule has 0 atom stereocenters. The van der Waals surface area contributed by atoms with Crippen molar-refractivity contribution >= 4 is 21.5 Å². The van der Waals surface area contributed by atoms with Crippen LogP contribution in [0.2, 0.25) is 0 Å². The van der Waals surface area contributed by atoms with Crippen molar-refractivity contribution in [3.8, 4) is 33.6 Å². The summed E-state index contributed by atoms with van der Waals surface area (Å²) in [5.41, 5.74) is 12.7. The van der Waals surface area contributed by atoms with Gasteiger partial charge in [-0.15, -0.1) is 29.1 Å². The van der Waals surface area contributed by atoms with E-state index in [1.54, 1.807) is 0 Å². The number of benzene rings is 5. The minimum Gasteiger partial charge on any atom is -0.304 e. The summed E-state index contributed by atoms with van der Waals surface area (Å²) in [6.45, 7) is 18.0. The van der Waals surface area contributed by atoms with Crippen molar-refractivity contribution in [1.82, 2.24) is 9.97 Å². The second-order valence-corrected chi connectivity index (χ2v) is 15.9. The molecule has 8 rings (SSSR count). The Morgan fingerprint density at radius 2 is 1.26 bits per heavy atom. The van der Waals surface area contributed by atoms with E-state index in [0.717, 1.165) is 17.0 Å². The number of fused-ring (bicyclic) bond motifs is 6. The van der Waals surface area contributed by atoms with Gasteiger partial charge in [-0.1, -0.05) is 151 Å². The summed E-state index contributed by atoms with van der Waals surface area (Å²) in [6.07, 6.45) is 3.91. The number of rotatable bonds is 2. The zero-order chi connectivity index (χ0) is 34.6. The standard InChI is InChI=1S/C24H25N.C23H20N.Ir/c1-23(2,3)17-12-13-25-22(15-17)16-10-11-21-19(14-16)18-8-6-7-9-20(18)24(21,4)5;1-23(2,3)19-11-13-22(24-15-19)18-10-12-21-17(14-18)9-8-16-6-4-5-7-20(16)21;/h6-15H,1-5H3;4-9,11-15H,1-3H3;/q;-1;. The first-order chi connectivity index (χ1) is 23.3. The van der Waals surface area contributed by atoms with Gasteiger partial charge >= 0.3 is 0 Å². The first-order valence-corrected chi connectivity index (χ1v) is 17.3. The fourth-order valence-electron chi connectivity index (χ4n) is 7.03. The van der Waals surface area contributed by atoms with Crippen molar-refractivity contribution in [3.63, 3.8) is 0 Å². The molecule has 0 spiro atoms. The van der Waals surface area contributed by atoms with E-state index in [1.165, 1.54) is 60.5 Å². The molecule has 1 radical (unpaired) electrons. The van der Waals surface area contributed by atoms with E-state index in [1.807, 2.05) is 12.4 Å². The van der Waals surface area contributed by atoms with Crippen LogP contribution in [0.3, 0.4) is 0 Å². The summed E-state index contributed by atoms with van der Waals surface area (Å²) in [5, 5.41) is 5.00. The fraction of sp³-hybridized carbons (Fsp3) is 0.234. The summed E-state index contributed by atoms with van der Waals surface area (Å²) in [6, 6.07) is 44.7. The normalized spacial score (nSPS) is 13.2. The molecule has 0 saturated carbocycles. The number of aromatic nitrogens is 2. The maximum Gasteiger partial charge on any atom is 0.0705 e. The number of hydrogen-bond donors (Lipinski definition) is 0. The van der Waals surface area contributed by atoms with Crippen LogP contribution in [0, 0.1) is 6.07 Å². The van der Waals surface area contributed by atoms with Crippen LogP contribution in [0.5, 0.6) is 0 Å². The van der Waals surface area contributed by atoms with Crippen molar-refractivity contribution < 1.29 is 20.1 Å². The molecule has 3 heteroatoms. The van der Waals surface area contributed by atoms with Crippen molar-refractivity contribution in [2.75, 3.05) is 0 Å². The summed E-state index contributed by atoms with van der Waals surface area (Å²) in [5.74, 6) is 0. The second kappa shape index (κ2) is 13.4. The Morgan fingerprint density at radius 1 is 0.560 bits per heavy atom. The van der Waals surface area contributed by atoms with E-state index in [9.17, 15) is 0 Å². The van der Waals surface area contributed by atoms with Gasteiger partial charge in [-0.25, -0.2) is 0 Å². The number of nitrogens with zero attached hydrogens (tertiary/aromatic N) is 2. The molecule has 0 aliphatic heterocycles. The molecular weight excluding hydrogens is 785 g/mol. The van der Waals surface area contributed by atoms with E-state index < -0.39 is 0 Å². The maximum atomic E-state index is 4.65. The van der Waals surface area contributed by atoms with Gasteiger partial charge in [-0.2, -0.15) is 0 Å².